The highest BCUT2D eigenvalue weighted by molar-refractivity contribution is 5.29. The van der Waals surface area contributed by atoms with Gasteiger partial charge in [0, 0.05) is 71.3 Å². The molecule has 0 saturated heterocycles. The van der Waals surface area contributed by atoms with Crippen molar-refractivity contribution in [3.8, 4) is 5.75 Å². The summed E-state index contributed by atoms with van der Waals surface area (Å²) in [6, 6.07) is 27.4. The van der Waals surface area contributed by atoms with Gasteiger partial charge in [-0.25, -0.2) is 0 Å². The molecule has 1 atom stereocenters. The SMILES string of the molecule is Oc1cccc(C(O)CNCc2ccc(CN(CCNCc3ccccn3)CCNCc3ccccn3)cc2)c1. The minimum atomic E-state index is -0.669. The molecular formula is C32H40N6O2. The van der Waals surface area contributed by atoms with Crippen LogP contribution in [0.5, 0.6) is 5.75 Å². The number of pyridine rings is 2. The lowest BCUT2D eigenvalue weighted by Crippen LogP contribution is -2.36. The van der Waals surface area contributed by atoms with E-state index in [4.69, 9.17) is 0 Å². The molecular weight excluding hydrogens is 500 g/mol. The van der Waals surface area contributed by atoms with E-state index in [0.29, 0.717) is 18.7 Å². The Balaban J connectivity index is 1.23. The first-order valence-electron chi connectivity index (χ1n) is 13.8. The third kappa shape index (κ3) is 10.5. The van der Waals surface area contributed by atoms with Crippen LogP contribution in [0.4, 0.5) is 0 Å². The summed E-state index contributed by atoms with van der Waals surface area (Å²) in [5, 5.41) is 30.3. The fourth-order valence-electron chi connectivity index (χ4n) is 4.41. The molecule has 0 amide bonds. The minimum absolute atomic E-state index is 0.161. The highest BCUT2D eigenvalue weighted by Crippen LogP contribution is 2.17. The smallest absolute Gasteiger partial charge is 0.115 e. The zero-order valence-corrected chi connectivity index (χ0v) is 22.9. The molecule has 40 heavy (non-hydrogen) atoms. The molecule has 0 fully saturated rings. The third-order valence-corrected chi connectivity index (χ3v) is 6.63. The number of aliphatic hydroxyl groups is 1. The van der Waals surface area contributed by atoms with Gasteiger partial charge in [0.1, 0.15) is 5.75 Å². The van der Waals surface area contributed by atoms with E-state index in [1.165, 1.54) is 5.56 Å². The number of nitrogens with one attached hydrogen (secondary N) is 3. The first kappa shape index (κ1) is 29.3. The second-order valence-electron chi connectivity index (χ2n) is 9.83. The van der Waals surface area contributed by atoms with Gasteiger partial charge < -0.3 is 26.2 Å². The molecule has 2 aromatic heterocycles. The monoisotopic (exact) mass is 540 g/mol. The van der Waals surface area contributed by atoms with Crippen molar-refractivity contribution in [2.45, 2.75) is 32.3 Å². The summed E-state index contributed by atoms with van der Waals surface area (Å²) in [7, 11) is 0. The number of aliphatic hydroxyl groups excluding tert-OH is 1. The molecule has 0 saturated carbocycles. The van der Waals surface area contributed by atoms with Gasteiger partial charge in [0.15, 0.2) is 0 Å². The van der Waals surface area contributed by atoms with Crippen molar-refractivity contribution in [3.63, 3.8) is 0 Å². The van der Waals surface area contributed by atoms with Gasteiger partial charge in [-0.2, -0.15) is 0 Å². The van der Waals surface area contributed by atoms with Gasteiger partial charge in [0.2, 0.25) is 0 Å². The lowest BCUT2D eigenvalue weighted by atomic mass is 10.1. The standard InChI is InChI=1S/C32H40N6O2/c39-31-9-5-6-28(20-31)32(40)24-35-21-26-10-12-27(13-11-26)25-38(18-16-33-22-29-7-1-3-14-36-29)19-17-34-23-30-8-2-4-15-37-30/h1-15,20,32-35,39-40H,16-19,21-25H2. The van der Waals surface area contributed by atoms with Crippen molar-refractivity contribution in [2.75, 3.05) is 32.7 Å². The number of aromatic nitrogens is 2. The summed E-state index contributed by atoms with van der Waals surface area (Å²) in [5.41, 5.74) is 5.21. The average molecular weight is 541 g/mol. The van der Waals surface area contributed by atoms with E-state index in [0.717, 1.165) is 62.8 Å². The zero-order valence-electron chi connectivity index (χ0n) is 22.9. The van der Waals surface area contributed by atoms with Crippen LogP contribution in [0, 0.1) is 0 Å². The predicted octanol–water partition coefficient (Wildman–Crippen LogP) is 3.39. The van der Waals surface area contributed by atoms with E-state index in [-0.39, 0.29) is 5.75 Å². The molecule has 0 aliphatic rings. The van der Waals surface area contributed by atoms with Crippen LogP contribution in [0.3, 0.4) is 0 Å². The van der Waals surface area contributed by atoms with Crippen LogP contribution >= 0.6 is 0 Å². The summed E-state index contributed by atoms with van der Waals surface area (Å²) >= 11 is 0. The Morgan fingerprint density at radius 1 is 0.675 bits per heavy atom. The van der Waals surface area contributed by atoms with Gasteiger partial charge in [-0.3, -0.25) is 14.9 Å². The van der Waals surface area contributed by atoms with Crippen molar-refractivity contribution in [1.29, 1.82) is 0 Å². The molecule has 8 nitrogen and oxygen atoms in total. The van der Waals surface area contributed by atoms with Gasteiger partial charge in [-0.1, -0.05) is 48.5 Å². The molecule has 5 N–H and O–H groups in total. The summed E-state index contributed by atoms with van der Waals surface area (Å²) in [4.78, 5) is 11.2. The van der Waals surface area contributed by atoms with Crippen LogP contribution in [-0.2, 0) is 26.2 Å². The molecule has 0 bridgehead atoms. The Morgan fingerprint density at radius 2 is 1.30 bits per heavy atom. The number of phenolic OH excluding ortho intramolecular Hbond substituents is 1. The normalized spacial score (nSPS) is 12.1. The first-order chi connectivity index (χ1) is 19.7. The number of hydrogen-bond acceptors (Lipinski definition) is 8. The molecule has 0 aliphatic carbocycles. The topological polar surface area (TPSA) is 106 Å². The minimum Gasteiger partial charge on any atom is -0.508 e. The number of phenols is 1. The van der Waals surface area contributed by atoms with E-state index < -0.39 is 6.10 Å². The second-order valence-corrected chi connectivity index (χ2v) is 9.83. The van der Waals surface area contributed by atoms with Crippen LogP contribution in [-0.4, -0.2) is 57.8 Å². The van der Waals surface area contributed by atoms with Crippen molar-refractivity contribution in [1.82, 2.24) is 30.8 Å². The summed E-state index contributed by atoms with van der Waals surface area (Å²) in [6.45, 7) is 7.05. The van der Waals surface area contributed by atoms with Gasteiger partial charge in [0.25, 0.3) is 0 Å². The van der Waals surface area contributed by atoms with E-state index in [9.17, 15) is 10.2 Å². The summed E-state index contributed by atoms with van der Waals surface area (Å²) in [5.74, 6) is 0.161. The van der Waals surface area contributed by atoms with Crippen molar-refractivity contribution in [3.05, 3.63) is 125 Å². The number of nitrogens with zero attached hydrogens (tertiary/aromatic N) is 3. The molecule has 1 unspecified atom stereocenters. The number of hydrogen-bond donors (Lipinski definition) is 5. The molecule has 4 aromatic rings. The maximum atomic E-state index is 10.4. The number of benzene rings is 2. The highest BCUT2D eigenvalue weighted by atomic mass is 16.3. The molecule has 210 valence electrons. The fraction of sp³-hybridized carbons (Fsp3) is 0.312. The van der Waals surface area contributed by atoms with Crippen molar-refractivity contribution < 1.29 is 10.2 Å². The van der Waals surface area contributed by atoms with Crippen molar-refractivity contribution >= 4 is 0 Å². The second kappa shape index (κ2) is 16.4. The van der Waals surface area contributed by atoms with Gasteiger partial charge in [0.05, 0.1) is 17.5 Å². The number of rotatable bonds is 17. The number of aromatic hydroxyl groups is 1. The molecule has 0 radical (unpaired) electrons. The summed E-state index contributed by atoms with van der Waals surface area (Å²) < 4.78 is 0. The molecule has 8 heteroatoms. The average Bonchev–Trinajstić information content (AvgIpc) is 2.99. The molecule has 0 spiro atoms. The lowest BCUT2D eigenvalue weighted by molar-refractivity contribution is 0.174. The van der Waals surface area contributed by atoms with Crippen LogP contribution in [0.15, 0.2) is 97.3 Å². The van der Waals surface area contributed by atoms with Crippen LogP contribution < -0.4 is 16.0 Å². The van der Waals surface area contributed by atoms with Crippen LogP contribution in [0.25, 0.3) is 0 Å². The Kier molecular flexibility index (Phi) is 12.1. The third-order valence-electron chi connectivity index (χ3n) is 6.63. The van der Waals surface area contributed by atoms with Crippen LogP contribution in [0.1, 0.15) is 34.2 Å². The van der Waals surface area contributed by atoms with Gasteiger partial charge >= 0.3 is 0 Å². The van der Waals surface area contributed by atoms with E-state index in [1.54, 1.807) is 18.2 Å². The molecule has 2 aromatic carbocycles. The fourth-order valence-corrected chi connectivity index (χ4v) is 4.41. The van der Waals surface area contributed by atoms with E-state index in [1.807, 2.05) is 54.9 Å². The quantitative estimate of drug-likeness (QED) is 0.130. The summed E-state index contributed by atoms with van der Waals surface area (Å²) in [6.07, 6.45) is 2.98. The van der Waals surface area contributed by atoms with Crippen LogP contribution in [0.2, 0.25) is 0 Å². The maximum Gasteiger partial charge on any atom is 0.115 e. The molecule has 4 rings (SSSR count). The van der Waals surface area contributed by atoms with E-state index in [2.05, 4.69) is 55.1 Å². The zero-order chi connectivity index (χ0) is 27.8. The van der Waals surface area contributed by atoms with Gasteiger partial charge in [-0.15, -0.1) is 0 Å². The van der Waals surface area contributed by atoms with Gasteiger partial charge in [-0.05, 0) is 53.1 Å². The Morgan fingerprint density at radius 3 is 1.88 bits per heavy atom. The Labute approximate surface area is 237 Å². The highest BCUT2D eigenvalue weighted by Gasteiger charge is 2.09. The van der Waals surface area contributed by atoms with Crippen molar-refractivity contribution in [2.24, 2.45) is 0 Å². The molecule has 0 aliphatic heterocycles. The maximum absolute atomic E-state index is 10.4. The Bertz CT molecular complexity index is 1190. The van der Waals surface area contributed by atoms with E-state index >= 15 is 0 Å². The lowest BCUT2D eigenvalue weighted by Gasteiger charge is -2.23. The Hall–Kier alpha value is -3.66. The largest absolute Gasteiger partial charge is 0.508 e. The molecule has 2 heterocycles. The first-order valence-corrected chi connectivity index (χ1v) is 13.8. The predicted molar refractivity (Wildman–Crippen MR) is 158 cm³/mol.